The van der Waals surface area contributed by atoms with Crippen LogP contribution in [0.25, 0.3) is 0 Å². The zero-order valence-corrected chi connectivity index (χ0v) is 9.43. The maximum Gasteiger partial charge on any atom is 0.0346 e. The minimum atomic E-state index is 0.286. The van der Waals surface area contributed by atoms with E-state index in [9.17, 15) is 0 Å². The van der Waals surface area contributed by atoms with E-state index in [-0.39, 0.29) is 5.54 Å². The molecule has 3 N–H and O–H groups in total. The molecule has 80 valence electrons. The molecule has 0 aromatic heterocycles. The van der Waals surface area contributed by atoms with Crippen molar-refractivity contribution in [3.05, 3.63) is 34.9 Å². The molecule has 0 aliphatic heterocycles. The van der Waals surface area contributed by atoms with Crippen LogP contribution >= 0.6 is 0 Å². The first-order valence-electron chi connectivity index (χ1n) is 5.65. The number of benzene rings is 1. The van der Waals surface area contributed by atoms with Crippen molar-refractivity contribution in [3.8, 4) is 0 Å². The summed E-state index contributed by atoms with van der Waals surface area (Å²) in [6.07, 6.45) is 3.67. The molecule has 3 saturated carbocycles. The van der Waals surface area contributed by atoms with Crippen LogP contribution in [0, 0.1) is 13.8 Å². The largest absolute Gasteiger partial charge is 0.271 e. The van der Waals surface area contributed by atoms with Crippen molar-refractivity contribution < 1.29 is 0 Å². The summed E-state index contributed by atoms with van der Waals surface area (Å²) in [6.45, 7) is 4.45. The van der Waals surface area contributed by atoms with Gasteiger partial charge >= 0.3 is 0 Å². The molecular weight excluding hydrogens is 184 g/mol. The van der Waals surface area contributed by atoms with Crippen LogP contribution < -0.4 is 11.3 Å². The molecule has 3 aliphatic rings. The lowest BCUT2D eigenvalue weighted by Gasteiger charge is -2.71. The van der Waals surface area contributed by atoms with E-state index in [4.69, 9.17) is 5.84 Å². The molecule has 0 unspecified atom stereocenters. The smallest absolute Gasteiger partial charge is 0.0346 e. The van der Waals surface area contributed by atoms with Gasteiger partial charge in [0.15, 0.2) is 0 Å². The van der Waals surface area contributed by atoms with Crippen LogP contribution in [-0.4, -0.2) is 5.54 Å². The van der Waals surface area contributed by atoms with E-state index in [1.165, 1.54) is 30.4 Å². The lowest BCUT2D eigenvalue weighted by molar-refractivity contribution is -0.0889. The topological polar surface area (TPSA) is 38.0 Å². The second kappa shape index (κ2) is 2.63. The van der Waals surface area contributed by atoms with Crippen LogP contribution in [-0.2, 0) is 5.41 Å². The minimum absolute atomic E-state index is 0.286. The van der Waals surface area contributed by atoms with E-state index >= 15 is 0 Å². The van der Waals surface area contributed by atoms with E-state index in [1.54, 1.807) is 5.56 Å². The molecule has 1 aromatic carbocycles. The first-order chi connectivity index (χ1) is 7.11. The molecule has 0 radical (unpaired) electrons. The molecule has 2 heteroatoms. The van der Waals surface area contributed by atoms with Gasteiger partial charge in [0.2, 0.25) is 0 Å². The number of hydrogen-bond acceptors (Lipinski definition) is 2. The molecule has 15 heavy (non-hydrogen) atoms. The number of hydrazine groups is 1. The van der Waals surface area contributed by atoms with Gasteiger partial charge in [0, 0.05) is 11.0 Å². The summed E-state index contributed by atoms with van der Waals surface area (Å²) in [6, 6.07) is 6.60. The molecule has 3 aliphatic carbocycles. The third-order valence-electron chi connectivity index (χ3n) is 4.35. The molecule has 2 nitrogen and oxygen atoms in total. The predicted molar refractivity (Wildman–Crippen MR) is 61.5 cm³/mol. The molecule has 3 fully saturated rings. The summed E-state index contributed by atoms with van der Waals surface area (Å²) in [5, 5.41) is 0. The zero-order valence-electron chi connectivity index (χ0n) is 9.43. The third-order valence-corrected chi connectivity index (χ3v) is 4.35. The Labute approximate surface area is 90.8 Å². The lowest BCUT2D eigenvalue weighted by Crippen LogP contribution is -2.77. The third kappa shape index (κ3) is 1.01. The highest BCUT2D eigenvalue weighted by Gasteiger charge is 2.68. The summed E-state index contributed by atoms with van der Waals surface area (Å²) >= 11 is 0. The Morgan fingerprint density at radius 3 is 2.13 bits per heavy atom. The SMILES string of the molecule is Cc1cccc(C)c1C12CC(NN)(C1)C2. The summed E-state index contributed by atoms with van der Waals surface area (Å²) in [5.74, 6) is 5.57. The average Bonchev–Trinajstić information content (AvgIpc) is 2.06. The molecular formula is C13H18N2. The van der Waals surface area contributed by atoms with E-state index in [1.807, 2.05) is 0 Å². The van der Waals surface area contributed by atoms with Crippen molar-refractivity contribution in [2.45, 2.75) is 44.1 Å². The maximum absolute atomic E-state index is 5.57. The Hall–Kier alpha value is -0.860. The van der Waals surface area contributed by atoms with Crippen LogP contribution in [0.5, 0.6) is 0 Å². The fraction of sp³-hybridized carbons (Fsp3) is 0.538. The summed E-state index contributed by atoms with van der Waals surface area (Å²) in [7, 11) is 0. The van der Waals surface area contributed by atoms with Gasteiger partial charge in [-0.25, -0.2) is 0 Å². The monoisotopic (exact) mass is 202 g/mol. The number of rotatable bonds is 2. The van der Waals surface area contributed by atoms with Gasteiger partial charge in [-0.1, -0.05) is 18.2 Å². The van der Waals surface area contributed by atoms with Crippen LogP contribution in [0.2, 0.25) is 0 Å². The first kappa shape index (κ1) is 9.37. The molecule has 4 rings (SSSR count). The van der Waals surface area contributed by atoms with Crippen LogP contribution in [0.15, 0.2) is 18.2 Å². The molecule has 0 amide bonds. The number of hydrogen-bond donors (Lipinski definition) is 2. The van der Waals surface area contributed by atoms with E-state index in [2.05, 4.69) is 37.5 Å². The summed E-state index contributed by atoms with van der Waals surface area (Å²) < 4.78 is 0. The van der Waals surface area contributed by atoms with Gasteiger partial charge in [-0.3, -0.25) is 11.3 Å². The average molecular weight is 202 g/mol. The Morgan fingerprint density at radius 2 is 1.67 bits per heavy atom. The maximum atomic E-state index is 5.57. The Morgan fingerprint density at radius 1 is 1.13 bits per heavy atom. The number of nitrogens with one attached hydrogen (secondary N) is 1. The number of nitrogens with two attached hydrogens (primary N) is 1. The fourth-order valence-corrected chi connectivity index (χ4v) is 3.86. The molecule has 0 saturated heterocycles. The number of aryl methyl sites for hydroxylation is 2. The molecule has 0 spiro atoms. The first-order valence-corrected chi connectivity index (χ1v) is 5.65. The van der Waals surface area contributed by atoms with Gasteiger partial charge < -0.3 is 0 Å². The van der Waals surface area contributed by atoms with E-state index < -0.39 is 0 Å². The minimum Gasteiger partial charge on any atom is -0.271 e. The highest BCUT2D eigenvalue weighted by atomic mass is 15.3. The lowest BCUT2D eigenvalue weighted by atomic mass is 9.37. The van der Waals surface area contributed by atoms with Gasteiger partial charge in [0.05, 0.1) is 0 Å². The van der Waals surface area contributed by atoms with Gasteiger partial charge in [0.1, 0.15) is 0 Å². The van der Waals surface area contributed by atoms with Crippen molar-refractivity contribution in [2.24, 2.45) is 5.84 Å². The highest BCUT2D eigenvalue weighted by molar-refractivity contribution is 5.49. The van der Waals surface area contributed by atoms with Gasteiger partial charge in [-0.05, 0) is 49.8 Å². The molecule has 1 aromatic rings. The van der Waals surface area contributed by atoms with Gasteiger partial charge in [-0.2, -0.15) is 0 Å². The highest BCUT2D eigenvalue weighted by Crippen LogP contribution is 2.68. The Kier molecular flexibility index (Phi) is 1.64. The Bertz CT molecular complexity index is 383. The normalized spacial score (nSPS) is 37.0. The fourth-order valence-electron chi connectivity index (χ4n) is 3.86. The van der Waals surface area contributed by atoms with Gasteiger partial charge in [-0.15, -0.1) is 0 Å². The summed E-state index contributed by atoms with van der Waals surface area (Å²) in [4.78, 5) is 0. The molecule has 0 atom stereocenters. The van der Waals surface area contributed by atoms with Crippen molar-refractivity contribution in [3.63, 3.8) is 0 Å². The molecule has 0 heterocycles. The van der Waals surface area contributed by atoms with Crippen LogP contribution in [0.4, 0.5) is 0 Å². The van der Waals surface area contributed by atoms with Crippen molar-refractivity contribution in [1.29, 1.82) is 0 Å². The Balaban J connectivity index is 1.97. The zero-order chi connectivity index (χ0) is 10.7. The van der Waals surface area contributed by atoms with Crippen LogP contribution in [0.1, 0.15) is 36.0 Å². The van der Waals surface area contributed by atoms with Crippen LogP contribution in [0.3, 0.4) is 0 Å². The second-order valence-corrected chi connectivity index (χ2v) is 5.50. The second-order valence-electron chi connectivity index (χ2n) is 5.50. The quantitative estimate of drug-likeness (QED) is 0.568. The van der Waals surface area contributed by atoms with E-state index in [0.29, 0.717) is 5.41 Å². The van der Waals surface area contributed by atoms with Crippen molar-refractivity contribution in [2.75, 3.05) is 0 Å². The molecule has 2 bridgehead atoms. The predicted octanol–water partition coefficient (Wildman–Crippen LogP) is 1.94. The standard InChI is InChI=1S/C13H18N2/c1-9-4-3-5-10(2)11(9)12-6-13(7-12,8-12)15-14/h3-5,15H,6-8,14H2,1-2H3. The summed E-state index contributed by atoms with van der Waals surface area (Å²) in [5.41, 5.74) is 8.20. The van der Waals surface area contributed by atoms with Crippen molar-refractivity contribution in [1.82, 2.24) is 5.43 Å². The van der Waals surface area contributed by atoms with Crippen molar-refractivity contribution >= 4 is 0 Å². The van der Waals surface area contributed by atoms with Gasteiger partial charge in [0.25, 0.3) is 0 Å². The van der Waals surface area contributed by atoms with E-state index in [0.717, 1.165) is 0 Å².